The first-order valence-electron chi connectivity index (χ1n) is 9.80. The Hall–Kier alpha value is -3.08. The summed E-state index contributed by atoms with van der Waals surface area (Å²) in [7, 11) is 1.52. The van der Waals surface area contributed by atoms with Crippen LogP contribution in [-0.4, -0.2) is 36.9 Å². The molecule has 0 atom stereocenters. The Morgan fingerprint density at radius 1 is 0.821 bits per heavy atom. The standard InChI is InChI=1S/C23H25N3O2/c1-16-6-8-17(9-7-16)20-21(23(28)25(2)22(20)27)24-18-10-12-19(13-11-18)26-14-4-3-5-15-26/h6-13,24H,3-5,14-15H2,1-2H3. The Morgan fingerprint density at radius 3 is 2.11 bits per heavy atom. The van der Waals surface area contributed by atoms with Crippen molar-refractivity contribution in [2.75, 3.05) is 30.4 Å². The number of imide groups is 1. The average molecular weight is 375 g/mol. The van der Waals surface area contributed by atoms with Gasteiger partial charge in [0, 0.05) is 31.5 Å². The summed E-state index contributed by atoms with van der Waals surface area (Å²) in [5.41, 5.74) is 4.62. The van der Waals surface area contributed by atoms with Crippen LogP contribution in [0.3, 0.4) is 0 Å². The summed E-state index contributed by atoms with van der Waals surface area (Å²) >= 11 is 0. The molecule has 1 saturated heterocycles. The normalized spacial score (nSPS) is 17.5. The van der Waals surface area contributed by atoms with Gasteiger partial charge in [0.25, 0.3) is 11.8 Å². The topological polar surface area (TPSA) is 52.7 Å². The van der Waals surface area contributed by atoms with E-state index < -0.39 is 0 Å². The molecule has 1 fully saturated rings. The monoisotopic (exact) mass is 375 g/mol. The summed E-state index contributed by atoms with van der Waals surface area (Å²) in [5.74, 6) is -0.582. The molecule has 5 heteroatoms. The molecule has 0 saturated carbocycles. The molecule has 2 aliphatic heterocycles. The molecule has 2 aliphatic rings. The predicted molar refractivity (Wildman–Crippen MR) is 112 cm³/mol. The maximum Gasteiger partial charge on any atom is 0.277 e. The quantitative estimate of drug-likeness (QED) is 0.826. The molecule has 0 bridgehead atoms. The van der Waals surface area contributed by atoms with Gasteiger partial charge >= 0.3 is 0 Å². The summed E-state index contributed by atoms with van der Waals surface area (Å²) in [5, 5.41) is 3.19. The Bertz CT molecular complexity index is 923. The molecular weight excluding hydrogens is 350 g/mol. The molecule has 2 aromatic carbocycles. The molecule has 1 N–H and O–H groups in total. The molecule has 0 aliphatic carbocycles. The zero-order chi connectivity index (χ0) is 19.7. The number of carbonyl (C=O) groups excluding carboxylic acids is 2. The maximum atomic E-state index is 12.7. The highest BCUT2D eigenvalue weighted by Crippen LogP contribution is 2.30. The van der Waals surface area contributed by atoms with Gasteiger partial charge in [0.1, 0.15) is 5.70 Å². The third-order valence-electron chi connectivity index (χ3n) is 5.49. The van der Waals surface area contributed by atoms with Gasteiger partial charge in [-0.1, -0.05) is 29.8 Å². The molecule has 4 rings (SSSR count). The summed E-state index contributed by atoms with van der Waals surface area (Å²) in [6, 6.07) is 15.8. The zero-order valence-electron chi connectivity index (χ0n) is 16.4. The van der Waals surface area contributed by atoms with Crippen LogP contribution in [-0.2, 0) is 9.59 Å². The van der Waals surface area contributed by atoms with Crippen LogP contribution in [0.15, 0.2) is 54.2 Å². The van der Waals surface area contributed by atoms with Crippen LogP contribution in [0, 0.1) is 6.92 Å². The van der Waals surface area contributed by atoms with Crippen LogP contribution in [0.1, 0.15) is 30.4 Å². The van der Waals surface area contributed by atoms with E-state index in [-0.39, 0.29) is 11.8 Å². The van der Waals surface area contributed by atoms with Gasteiger partial charge in [-0.25, -0.2) is 0 Å². The molecule has 144 valence electrons. The fourth-order valence-corrected chi connectivity index (χ4v) is 3.80. The summed E-state index contributed by atoms with van der Waals surface area (Å²) in [6.07, 6.45) is 3.77. The largest absolute Gasteiger partial charge is 0.372 e. The first-order chi connectivity index (χ1) is 13.5. The lowest BCUT2D eigenvalue weighted by atomic mass is 10.0. The SMILES string of the molecule is Cc1ccc(C2=C(Nc3ccc(N4CCCCC4)cc3)C(=O)N(C)C2=O)cc1. The van der Waals surface area contributed by atoms with Gasteiger partial charge in [0.15, 0.2) is 0 Å². The number of piperidine rings is 1. The summed E-state index contributed by atoms with van der Waals surface area (Å²) in [6.45, 7) is 4.18. The molecule has 2 heterocycles. The number of rotatable bonds is 4. The second kappa shape index (κ2) is 7.50. The van der Waals surface area contributed by atoms with Crippen molar-refractivity contribution in [1.82, 2.24) is 4.90 Å². The highest BCUT2D eigenvalue weighted by molar-refractivity contribution is 6.36. The van der Waals surface area contributed by atoms with E-state index in [0.29, 0.717) is 11.3 Å². The minimum Gasteiger partial charge on any atom is -0.372 e. The minimum absolute atomic E-state index is 0.277. The van der Waals surface area contributed by atoms with Crippen LogP contribution in [0.5, 0.6) is 0 Å². The van der Waals surface area contributed by atoms with Gasteiger partial charge in [-0.2, -0.15) is 0 Å². The van der Waals surface area contributed by atoms with Crippen molar-refractivity contribution in [3.63, 3.8) is 0 Å². The van der Waals surface area contributed by atoms with Crippen LogP contribution >= 0.6 is 0 Å². The molecule has 0 radical (unpaired) electrons. The first kappa shape index (κ1) is 18.3. The zero-order valence-corrected chi connectivity index (χ0v) is 16.4. The molecular formula is C23H25N3O2. The Morgan fingerprint density at radius 2 is 1.46 bits per heavy atom. The highest BCUT2D eigenvalue weighted by atomic mass is 16.2. The Balaban J connectivity index is 1.62. The number of likely N-dealkylation sites (N-methyl/N-ethyl adjacent to an activating group) is 1. The van der Waals surface area contributed by atoms with Gasteiger partial charge in [0.2, 0.25) is 0 Å². The molecule has 2 aromatic rings. The van der Waals surface area contributed by atoms with Gasteiger partial charge in [0.05, 0.1) is 5.57 Å². The Kier molecular flexibility index (Phi) is 4.90. The number of hydrogen-bond acceptors (Lipinski definition) is 4. The maximum absolute atomic E-state index is 12.7. The molecule has 0 unspecified atom stereocenters. The number of anilines is 2. The third kappa shape index (κ3) is 3.40. The van der Waals surface area contributed by atoms with E-state index in [2.05, 4.69) is 22.3 Å². The van der Waals surface area contributed by atoms with E-state index >= 15 is 0 Å². The van der Waals surface area contributed by atoms with E-state index in [1.54, 1.807) is 0 Å². The molecule has 28 heavy (non-hydrogen) atoms. The van der Waals surface area contributed by atoms with Gasteiger partial charge in [-0.3, -0.25) is 14.5 Å². The van der Waals surface area contributed by atoms with Gasteiger partial charge in [-0.05, 0) is 56.0 Å². The van der Waals surface area contributed by atoms with Crippen LogP contribution in [0.2, 0.25) is 0 Å². The first-order valence-corrected chi connectivity index (χ1v) is 9.80. The van der Waals surface area contributed by atoms with Crippen molar-refractivity contribution >= 4 is 28.8 Å². The Labute approximate surface area is 165 Å². The lowest BCUT2D eigenvalue weighted by Gasteiger charge is -2.28. The van der Waals surface area contributed by atoms with E-state index in [1.807, 2.05) is 43.3 Å². The van der Waals surface area contributed by atoms with E-state index in [0.717, 1.165) is 29.9 Å². The number of aryl methyl sites for hydroxylation is 1. The lowest BCUT2D eigenvalue weighted by molar-refractivity contribution is -0.135. The van der Waals surface area contributed by atoms with Crippen LogP contribution in [0.4, 0.5) is 11.4 Å². The van der Waals surface area contributed by atoms with Crippen molar-refractivity contribution < 1.29 is 9.59 Å². The van der Waals surface area contributed by atoms with Crippen molar-refractivity contribution in [2.45, 2.75) is 26.2 Å². The van der Waals surface area contributed by atoms with E-state index in [1.165, 1.54) is 36.9 Å². The van der Waals surface area contributed by atoms with Gasteiger partial charge in [-0.15, -0.1) is 0 Å². The number of nitrogens with zero attached hydrogens (tertiary/aromatic N) is 2. The molecule has 0 spiro atoms. The van der Waals surface area contributed by atoms with Crippen molar-refractivity contribution in [2.24, 2.45) is 0 Å². The number of carbonyl (C=O) groups is 2. The fourth-order valence-electron chi connectivity index (χ4n) is 3.80. The predicted octanol–water partition coefficient (Wildman–Crippen LogP) is 3.81. The van der Waals surface area contributed by atoms with Crippen molar-refractivity contribution in [3.05, 3.63) is 65.4 Å². The second-order valence-corrected chi connectivity index (χ2v) is 7.50. The van der Waals surface area contributed by atoms with E-state index in [4.69, 9.17) is 0 Å². The van der Waals surface area contributed by atoms with Crippen LogP contribution < -0.4 is 10.2 Å². The highest BCUT2D eigenvalue weighted by Gasteiger charge is 2.36. The number of amides is 2. The van der Waals surface area contributed by atoms with Gasteiger partial charge < -0.3 is 10.2 Å². The smallest absolute Gasteiger partial charge is 0.277 e. The lowest BCUT2D eigenvalue weighted by Crippen LogP contribution is -2.29. The molecule has 0 aromatic heterocycles. The third-order valence-corrected chi connectivity index (χ3v) is 5.49. The van der Waals surface area contributed by atoms with Crippen molar-refractivity contribution in [1.29, 1.82) is 0 Å². The van der Waals surface area contributed by atoms with Crippen LogP contribution in [0.25, 0.3) is 5.57 Å². The second-order valence-electron chi connectivity index (χ2n) is 7.50. The number of nitrogens with one attached hydrogen (secondary N) is 1. The van der Waals surface area contributed by atoms with E-state index in [9.17, 15) is 9.59 Å². The summed E-state index contributed by atoms with van der Waals surface area (Å²) in [4.78, 5) is 28.9. The number of benzene rings is 2. The molecule has 5 nitrogen and oxygen atoms in total. The average Bonchev–Trinajstić information content (AvgIpc) is 2.94. The molecule has 2 amide bonds. The summed E-state index contributed by atoms with van der Waals surface area (Å²) < 4.78 is 0. The minimum atomic E-state index is -0.305. The number of hydrogen-bond donors (Lipinski definition) is 1. The van der Waals surface area contributed by atoms with Crippen molar-refractivity contribution in [3.8, 4) is 0 Å². The fraction of sp³-hybridized carbons (Fsp3) is 0.304.